The number of ether oxygens (including phenoxy) is 2. The summed E-state index contributed by atoms with van der Waals surface area (Å²) < 4.78 is 10.5. The largest absolute Gasteiger partial charge is 0.383 e. The number of methoxy groups -OCH3 is 2. The van der Waals surface area contributed by atoms with Crippen LogP contribution in [0.3, 0.4) is 0 Å². The van der Waals surface area contributed by atoms with E-state index in [2.05, 4.69) is 24.2 Å². The summed E-state index contributed by atoms with van der Waals surface area (Å²) in [6.45, 7) is 5.62. The molecule has 1 aliphatic rings. The van der Waals surface area contributed by atoms with Gasteiger partial charge in [0.25, 0.3) is 0 Å². The van der Waals surface area contributed by atoms with Crippen molar-refractivity contribution in [2.24, 2.45) is 16.1 Å². The molecule has 1 rings (SSSR count). The Morgan fingerprint density at radius 3 is 2.47 bits per heavy atom. The minimum atomic E-state index is 0. The van der Waals surface area contributed by atoms with E-state index in [9.17, 15) is 0 Å². The lowest BCUT2D eigenvalue weighted by molar-refractivity contribution is -0.118. The molecule has 19 heavy (non-hydrogen) atoms. The van der Waals surface area contributed by atoms with Gasteiger partial charge in [0.15, 0.2) is 5.96 Å². The number of guanidine groups is 1. The van der Waals surface area contributed by atoms with Gasteiger partial charge in [-0.2, -0.15) is 0 Å². The predicted octanol–water partition coefficient (Wildman–Crippen LogP) is 1.75. The van der Waals surface area contributed by atoms with Crippen LogP contribution in [-0.4, -0.2) is 45.5 Å². The number of nitrogens with zero attached hydrogens (tertiary/aromatic N) is 1. The fraction of sp³-hybridized carbons (Fsp3) is 0.923. The van der Waals surface area contributed by atoms with Crippen molar-refractivity contribution in [3.05, 3.63) is 0 Å². The average molecular weight is 385 g/mol. The Labute approximate surface area is 133 Å². The molecule has 1 saturated carbocycles. The van der Waals surface area contributed by atoms with Crippen molar-refractivity contribution in [1.29, 1.82) is 0 Å². The standard InChI is InChI=1S/C13H27N3O2.HI/c1-5-13(6-2)10(9-11(13)18-4)16-12(14)15-7-8-17-3;/h10-11H,5-9H2,1-4H3,(H3,14,15,16);1H. The lowest BCUT2D eigenvalue weighted by atomic mass is 9.58. The molecule has 0 heterocycles. The van der Waals surface area contributed by atoms with Gasteiger partial charge in [0.2, 0.25) is 0 Å². The summed E-state index contributed by atoms with van der Waals surface area (Å²) in [6.07, 6.45) is 3.51. The SMILES string of the molecule is CCC1(CC)C(NC(N)=NCCOC)CC1OC.I. The van der Waals surface area contributed by atoms with E-state index in [-0.39, 0.29) is 29.4 Å². The van der Waals surface area contributed by atoms with Crippen LogP contribution in [0.25, 0.3) is 0 Å². The van der Waals surface area contributed by atoms with Gasteiger partial charge in [0.05, 0.1) is 19.3 Å². The van der Waals surface area contributed by atoms with Crippen LogP contribution < -0.4 is 11.1 Å². The average Bonchev–Trinajstić information content (AvgIpc) is 2.36. The molecule has 0 aromatic heterocycles. The zero-order valence-electron chi connectivity index (χ0n) is 12.4. The Balaban J connectivity index is 0.00000324. The molecule has 5 nitrogen and oxygen atoms in total. The highest BCUT2D eigenvalue weighted by atomic mass is 127. The summed E-state index contributed by atoms with van der Waals surface area (Å²) in [5.41, 5.74) is 6.08. The van der Waals surface area contributed by atoms with Gasteiger partial charge in [-0.25, -0.2) is 0 Å². The Morgan fingerprint density at radius 1 is 1.37 bits per heavy atom. The first-order valence-electron chi connectivity index (χ1n) is 6.72. The third-order valence-corrected chi connectivity index (χ3v) is 4.29. The summed E-state index contributed by atoms with van der Waals surface area (Å²) in [5, 5.41) is 3.32. The topological polar surface area (TPSA) is 68.9 Å². The highest BCUT2D eigenvalue weighted by molar-refractivity contribution is 14.0. The predicted molar refractivity (Wildman–Crippen MR) is 89.1 cm³/mol. The third kappa shape index (κ3) is 4.19. The smallest absolute Gasteiger partial charge is 0.188 e. The van der Waals surface area contributed by atoms with Crippen molar-refractivity contribution < 1.29 is 9.47 Å². The van der Waals surface area contributed by atoms with E-state index in [1.807, 2.05) is 0 Å². The fourth-order valence-corrected chi connectivity index (χ4v) is 2.96. The maximum atomic E-state index is 5.88. The number of hydrogen-bond acceptors (Lipinski definition) is 3. The van der Waals surface area contributed by atoms with Crippen LogP contribution in [0.1, 0.15) is 33.1 Å². The number of hydrogen-bond donors (Lipinski definition) is 2. The van der Waals surface area contributed by atoms with Crippen molar-refractivity contribution >= 4 is 29.9 Å². The maximum Gasteiger partial charge on any atom is 0.188 e. The second-order valence-corrected chi connectivity index (χ2v) is 4.86. The van der Waals surface area contributed by atoms with Gasteiger partial charge in [-0.3, -0.25) is 4.99 Å². The molecule has 6 heteroatoms. The molecule has 0 amide bonds. The van der Waals surface area contributed by atoms with Gasteiger partial charge in [0.1, 0.15) is 0 Å². The van der Waals surface area contributed by atoms with Gasteiger partial charge in [-0.1, -0.05) is 13.8 Å². The van der Waals surface area contributed by atoms with Crippen LogP contribution in [0, 0.1) is 5.41 Å². The normalized spacial score (nSPS) is 25.4. The molecule has 0 aromatic carbocycles. The summed E-state index contributed by atoms with van der Waals surface area (Å²) in [4.78, 5) is 4.24. The van der Waals surface area contributed by atoms with Crippen molar-refractivity contribution in [3.8, 4) is 0 Å². The molecule has 0 radical (unpaired) electrons. The lowest BCUT2D eigenvalue weighted by Crippen LogP contribution is -2.65. The second kappa shape index (κ2) is 8.97. The highest BCUT2D eigenvalue weighted by Crippen LogP contribution is 2.48. The molecule has 2 unspecified atom stereocenters. The number of nitrogens with one attached hydrogen (secondary N) is 1. The minimum Gasteiger partial charge on any atom is -0.383 e. The molecule has 0 saturated heterocycles. The van der Waals surface area contributed by atoms with Gasteiger partial charge in [0, 0.05) is 25.7 Å². The molecule has 0 aromatic rings. The van der Waals surface area contributed by atoms with E-state index < -0.39 is 0 Å². The summed E-state index contributed by atoms with van der Waals surface area (Å²) in [6, 6.07) is 0.365. The molecule has 0 bridgehead atoms. The molecule has 1 fully saturated rings. The first-order chi connectivity index (χ1) is 8.64. The fourth-order valence-electron chi connectivity index (χ4n) is 2.96. The highest BCUT2D eigenvalue weighted by Gasteiger charge is 2.53. The number of aliphatic imine (C=N–C) groups is 1. The van der Waals surface area contributed by atoms with Crippen LogP contribution >= 0.6 is 24.0 Å². The maximum absolute atomic E-state index is 5.88. The van der Waals surface area contributed by atoms with Crippen LogP contribution in [0.2, 0.25) is 0 Å². The molecule has 0 aliphatic heterocycles. The van der Waals surface area contributed by atoms with Crippen LogP contribution in [0.15, 0.2) is 4.99 Å². The molecular formula is C13H28IN3O2. The van der Waals surface area contributed by atoms with Crippen LogP contribution in [-0.2, 0) is 9.47 Å². The van der Waals surface area contributed by atoms with E-state index in [1.165, 1.54) is 0 Å². The minimum absolute atomic E-state index is 0. The van der Waals surface area contributed by atoms with Crippen molar-refractivity contribution in [2.45, 2.75) is 45.3 Å². The van der Waals surface area contributed by atoms with E-state index in [4.69, 9.17) is 15.2 Å². The summed E-state index contributed by atoms with van der Waals surface area (Å²) >= 11 is 0. The zero-order valence-corrected chi connectivity index (χ0v) is 14.8. The molecular weight excluding hydrogens is 357 g/mol. The lowest BCUT2D eigenvalue weighted by Gasteiger charge is -2.55. The molecule has 114 valence electrons. The van der Waals surface area contributed by atoms with Gasteiger partial charge >= 0.3 is 0 Å². The molecule has 3 N–H and O–H groups in total. The van der Waals surface area contributed by atoms with E-state index in [0.29, 0.717) is 31.3 Å². The van der Waals surface area contributed by atoms with Crippen molar-refractivity contribution in [3.63, 3.8) is 0 Å². The number of nitrogens with two attached hydrogens (primary N) is 1. The van der Waals surface area contributed by atoms with Gasteiger partial charge < -0.3 is 20.5 Å². The monoisotopic (exact) mass is 385 g/mol. The molecule has 1 aliphatic carbocycles. The Kier molecular flexibility index (Phi) is 8.93. The second-order valence-electron chi connectivity index (χ2n) is 4.86. The van der Waals surface area contributed by atoms with Crippen LogP contribution in [0.5, 0.6) is 0 Å². The van der Waals surface area contributed by atoms with E-state index >= 15 is 0 Å². The Morgan fingerprint density at radius 2 is 2.00 bits per heavy atom. The van der Waals surface area contributed by atoms with Gasteiger partial charge in [-0.05, 0) is 19.3 Å². The van der Waals surface area contributed by atoms with Gasteiger partial charge in [-0.15, -0.1) is 24.0 Å². The molecule has 0 spiro atoms. The van der Waals surface area contributed by atoms with E-state index in [1.54, 1.807) is 14.2 Å². The molecule has 2 atom stereocenters. The van der Waals surface area contributed by atoms with Crippen molar-refractivity contribution in [2.75, 3.05) is 27.4 Å². The number of rotatable bonds is 7. The Bertz CT molecular complexity index is 283. The Hall–Kier alpha value is -0.0800. The van der Waals surface area contributed by atoms with E-state index in [0.717, 1.165) is 19.3 Å². The first-order valence-corrected chi connectivity index (χ1v) is 6.72. The van der Waals surface area contributed by atoms with Crippen LogP contribution in [0.4, 0.5) is 0 Å². The quantitative estimate of drug-likeness (QED) is 0.303. The summed E-state index contributed by atoms with van der Waals surface area (Å²) in [7, 11) is 3.45. The first kappa shape index (κ1) is 18.9. The van der Waals surface area contributed by atoms with Crippen molar-refractivity contribution in [1.82, 2.24) is 5.32 Å². The number of halogens is 1. The zero-order chi connectivity index (χ0) is 13.6. The third-order valence-electron chi connectivity index (χ3n) is 4.29. The summed E-state index contributed by atoms with van der Waals surface area (Å²) in [5.74, 6) is 0.512.